The average molecular weight is 261 g/mol. The molecule has 1 aromatic carbocycles. The lowest BCUT2D eigenvalue weighted by Gasteiger charge is -2.16. The van der Waals surface area contributed by atoms with Crippen molar-refractivity contribution in [3.63, 3.8) is 0 Å². The number of hydrogen-bond acceptors (Lipinski definition) is 3. The van der Waals surface area contributed by atoms with Crippen LogP contribution in [0.2, 0.25) is 5.02 Å². The molecule has 3 rings (SSSR count). The first kappa shape index (κ1) is 11.5. The molecule has 0 radical (unpaired) electrons. The Morgan fingerprint density at radius 3 is 3.00 bits per heavy atom. The van der Waals surface area contributed by atoms with Crippen LogP contribution in [0.4, 0.5) is 0 Å². The van der Waals surface area contributed by atoms with Crippen molar-refractivity contribution in [3.05, 3.63) is 58.4 Å². The van der Waals surface area contributed by atoms with Gasteiger partial charge in [0.2, 0.25) is 0 Å². The zero-order valence-electron chi connectivity index (χ0n) is 9.77. The number of nitrogens with two attached hydrogens (primary N) is 1. The second-order valence-corrected chi connectivity index (χ2v) is 4.69. The molecule has 2 heterocycles. The van der Waals surface area contributed by atoms with Crippen LogP contribution in [-0.2, 0) is 6.42 Å². The molecule has 1 atom stereocenters. The van der Waals surface area contributed by atoms with E-state index in [4.69, 9.17) is 22.1 Å². The Labute approximate surface area is 111 Å². The van der Waals surface area contributed by atoms with Crippen LogP contribution in [0.15, 0.2) is 36.5 Å². The highest BCUT2D eigenvalue weighted by Gasteiger charge is 2.22. The minimum Gasteiger partial charge on any atom is -0.493 e. The molecule has 0 saturated carbocycles. The summed E-state index contributed by atoms with van der Waals surface area (Å²) in [5.41, 5.74) is 9.10. The molecular formula is C14H13ClN2O. The molecule has 0 saturated heterocycles. The third-order valence-electron chi connectivity index (χ3n) is 3.16. The molecule has 0 spiro atoms. The van der Waals surface area contributed by atoms with E-state index < -0.39 is 0 Å². The smallest absolute Gasteiger partial charge is 0.127 e. The molecule has 18 heavy (non-hydrogen) atoms. The fourth-order valence-electron chi connectivity index (χ4n) is 2.26. The predicted octanol–water partition coefficient (Wildman–Crippen LogP) is 2.72. The van der Waals surface area contributed by atoms with Gasteiger partial charge in [0.05, 0.1) is 23.4 Å². The van der Waals surface area contributed by atoms with Gasteiger partial charge in [0, 0.05) is 18.2 Å². The van der Waals surface area contributed by atoms with Gasteiger partial charge in [0.25, 0.3) is 0 Å². The van der Waals surface area contributed by atoms with E-state index in [9.17, 15) is 0 Å². The maximum atomic E-state index is 6.26. The number of para-hydroxylation sites is 1. The third kappa shape index (κ3) is 1.85. The summed E-state index contributed by atoms with van der Waals surface area (Å²) in [4.78, 5) is 4.27. The lowest BCUT2D eigenvalue weighted by molar-refractivity contribution is 0.352. The molecule has 1 unspecified atom stereocenters. The van der Waals surface area contributed by atoms with Crippen molar-refractivity contribution in [1.82, 2.24) is 4.98 Å². The molecule has 0 amide bonds. The SMILES string of the molecule is NC(c1cccc2c1OCC2)c1ncccc1Cl. The Kier molecular flexibility index (Phi) is 2.94. The van der Waals surface area contributed by atoms with E-state index in [1.54, 1.807) is 18.3 Å². The highest BCUT2D eigenvalue weighted by Crippen LogP contribution is 2.35. The van der Waals surface area contributed by atoms with E-state index in [1.807, 2.05) is 12.1 Å². The lowest BCUT2D eigenvalue weighted by atomic mass is 10.00. The number of ether oxygens (including phenoxy) is 1. The molecule has 92 valence electrons. The van der Waals surface area contributed by atoms with E-state index in [-0.39, 0.29) is 6.04 Å². The third-order valence-corrected chi connectivity index (χ3v) is 3.48. The van der Waals surface area contributed by atoms with Gasteiger partial charge in [-0.3, -0.25) is 4.98 Å². The number of fused-ring (bicyclic) bond motifs is 1. The number of rotatable bonds is 2. The van der Waals surface area contributed by atoms with Gasteiger partial charge in [0.15, 0.2) is 0 Å². The quantitative estimate of drug-likeness (QED) is 0.903. The van der Waals surface area contributed by atoms with Gasteiger partial charge >= 0.3 is 0 Å². The van der Waals surface area contributed by atoms with Crippen molar-refractivity contribution in [1.29, 1.82) is 0 Å². The van der Waals surface area contributed by atoms with Crippen LogP contribution in [0.5, 0.6) is 5.75 Å². The number of nitrogens with zero attached hydrogens (tertiary/aromatic N) is 1. The van der Waals surface area contributed by atoms with Crippen molar-refractivity contribution in [2.24, 2.45) is 5.73 Å². The standard InChI is InChI=1S/C14H13ClN2O/c15-11-5-2-7-17-13(11)12(16)10-4-1-3-9-6-8-18-14(9)10/h1-5,7,12H,6,8,16H2. The minimum atomic E-state index is -0.355. The average Bonchev–Trinajstić information content (AvgIpc) is 2.86. The Morgan fingerprint density at radius 1 is 1.28 bits per heavy atom. The van der Waals surface area contributed by atoms with E-state index in [2.05, 4.69) is 11.1 Å². The normalized spacial score (nSPS) is 15.0. The van der Waals surface area contributed by atoms with Gasteiger partial charge < -0.3 is 10.5 Å². The summed E-state index contributed by atoms with van der Waals surface area (Å²) >= 11 is 6.14. The molecule has 0 bridgehead atoms. The first-order valence-electron chi connectivity index (χ1n) is 5.88. The number of halogens is 1. The van der Waals surface area contributed by atoms with Crippen LogP contribution in [-0.4, -0.2) is 11.6 Å². The Morgan fingerprint density at radius 2 is 2.17 bits per heavy atom. The fourth-order valence-corrected chi connectivity index (χ4v) is 2.50. The van der Waals surface area contributed by atoms with E-state index >= 15 is 0 Å². The number of pyridine rings is 1. The van der Waals surface area contributed by atoms with Gasteiger partial charge in [0.1, 0.15) is 5.75 Å². The highest BCUT2D eigenvalue weighted by atomic mass is 35.5. The summed E-state index contributed by atoms with van der Waals surface area (Å²) in [5.74, 6) is 0.895. The number of aromatic nitrogens is 1. The zero-order valence-corrected chi connectivity index (χ0v) is 10.5. The van der Waals surface area contributed by atoms with Crippen molar-refractivity contribution < 1.29 is 4.74 Å². The monoisotopic (exact) mass is 260 g/mol. The summed E-state index contributed by atoms with van der Waals surface area (Å²) in [6.07, 6.45) is 2.64. The van der Waals surface area contributed by atoms with E-state index in [0.717, 1.165) is 24.3 Å². The number of hydrogen-bond donors (Lipinski definition) is 1. The van der Waals surface area contributed by atoms with Gasteiger partial charge in [-0.15, -0.1) is 0 Å². The Balaban J connectivity index is 2.06. The van der Waals surface area contributed by atoms with Crippen LogP contribution in [0.1, 0.15) is 22.9 Å². The van der Waals surface area contributed by atoms with Crippen molar-refractivity contribution in [2.45, 2.75) is 12.5 Å². The highest BCUT2D eigenvalue weighted by molar-refractivity contribution is 6.31. The van der Waals surface area contributed by atoms with Gasteiger partial charge in [-0.2, -0.15) is 0 Å². The molecule has 1 aliphatic heterocycles. The molecule has 1 aliphatic rings. The summed E-state index contributed by atoms with van der Waals surface area (Å²) in [5, 5.41) is 0.584. The second-order valence-electron chi connectivity index (χ2n) is 4.28. The van der Waals surface area contributed by atoms with Gasteiger partial charge in [-0.25, -0.2) is 0 Å². The molecule has 2 aromatic rings. The van der Waals surface area contributed by atoms with Crippen LogP contribution < -0.4 is 10.5 Å². The summed E-state index contributed by atoms with van der Waals surface area (Å²) in [6, 6.07) is 9.28. The molecule has 3 nitrogen and oxygen atoms in total. The zero-order chi connectivity index (χ0) is 12.5. The summed E-state index contributed by atoms with van der Waals surface area (Å²) in [6.45, 7) is 0.717. The second kappa shape index (κ2) is 4.59. The molecule has 2 N–H and O–H groups in total. The molecule has 0 aliphatic carbocycles. The maximum absolute atomic E-state index is 6.26. The Bertz CT molecular complexity index is 586. The molecular weight excluding hydrogens is 248 g/mol. The number of benzene rings is 1. The lowest BCUT2D eigenvalue weighted by Crippen LogP contribution is -2.15. The first-order valence-corrected chi connectivity index (χ1v) is 6.26. The summed E-state index contributed by atoms with van der Waals surface area (Å²) < 4.78 is 5.66. The largest absolute Gasteiger partial charge is 0.493 e. The predicted molar refractivity (Wildman–Crippen MR) is 70.9 cm³/mol. The minimum absolute atomic E-state index is 0.355. The van der Waals surface area contributed by atoms with E-state index in [1.165, 1.54) is 5.56 Å². The molecule has 0 fully saturated rings. The first-order chi connectivity index (χ1) is 8.77. The summed E-state index contributed by atoms with van der Waals surface area (Å²) in [7, 11) is 0. The van der Waals surface area contributed by atoms with Crippen molar-refractivity contribution in [3.8, 4) is 5.75 Å². The maximum Gasteiger partial charge on any atom is 0.127 e. The van der Waals surface area contributed by atoms with Crippen LogP contribution in [0, 0.1) is 0 Å². The molecule has 1 aromatic heterocycles. The fraction of sp³-hybridized carbons (Fsp3) is 0.214. The van der Waals surface area contributed by atoms with Crippen molar-refractivity contribution >= 4 is 11.6 Å². The van der Waals surface area contributed by atoms with Crippen molar-refractivity contribution in [2.75, 3.05) is 6.61 Å². The Hall–Kier alpha value is -1.58. The van der Waals surface area contributed by atoms with Gasteiger partial charge in [-0.05, 0) is 17.7 Å². The topological polar surface area (TPSA) is 48.1 Å². The van der Waals surface area contributed by atoms with Crippen LogP contribution >= 0.6 is 11.6 Å². The van der Waals surface area contributed by atoms with Gasteiger partial charge in [-0.1, -0.05) is 29.8 Å². The molecule has 4 heteroatoms. The van der Waals surface area contributed by atoms with E-state index in [0.29, 0.717) is 10.7 Å². The van der Waals surface area contributed by atoms with Crippen LogP contribution in [0.25, 0.3) is 0 Å². The van der Waals surface area contributed by atoms with Crippen LogP contribution in [0.3, 0.4) is 0 Å².